The van der Waals surface area contributed by atoms with Gasteiger partial charge in [0.15, 0.2) is 16.7 Å². The Kier molecular flexibility index (Phi) is 9.01. The zero-order valence-electron chi connectivity index (χ0n) is 23.6. The van der Waals surface area contributed by atoms with Crippen molar-refractivity contribution in [2.45, 2.75) is 82.9 Å². The minimum absolute atomic E-state index is 0.0860. The number of ether oxygens (including phenoxy) is 2. The van der Waals surface area contributed by atoms with Crippen molar-refractivity contribution in [3.8, 4) is 11.5 Å². The summed E-state index contributed by atoms with van der Waals surface area (Å²) in [5.74, 6) is 1.36. The predicted molar refractivity (Wildman–Crippen MR) is 173 cm³/mol. The van der Waals surface area contributed by atoms with Crippen molar-refractivity contribution >= 4 is 55.6 Å². The van der Waals surface area contributed by atoms with E-state index in [-0.39, 0.29) is 11.9 Å². The average Bonchev–Trinajstić information content (AvgIpc) is 3.30. The van der Waals surface area contributed by atoms with Gasteiger partial charge in [-0.05, 0) is 93.5 Å². The van der Waals surface area contributed by atoms with Gasteiger partial charge in [0.1, 0.15) is 6.61 Å². The van der Waals surface area contributed by atoms with E-state index >= 15 is 0 Å². The van der Waals surface area contributed by atoms with Gasteiger partial charge in [0.25, 0.3) is 5.91 Å². The summed E-state index contributed by atoms with van der Waals surface area (Å²) in [5.41, 5.74) is 2.01. The maximum absolute atomic E-state index is 13.8. The quantitative estimate of drug-likeness (QED) is 0.244. The minimum Gasteiger partial charge on any atom is -0.493 e. The maximum Gasteiger partial charge on any atom is 0.266 e. The number of thioether (sulfide) groups is 1. The highest BCUT2D eigenvalue weighted by atomic mass is 79.9. The van der Waals surface area contributed by atoms with Gasteiger partial charge in [0.05, 0.1) is 22.5 Å². The third-order valence-electron chi connectivity index (χ3n) is 8.45. The lowest BCUT2D eigenvalue weighted by Gasteiger charge is -2.31. The van der Waals surface area contributed by atoms with Crippen molar-refractivity contribution in [1.82, 2.24) is 4.90 Å². The van der Waals surface area contributed by atoms with E-state index in [0.29, 0.717) is 24.1 Å². The van der Waals surface area contributed by atoms with Crippen LogP contribution in [0.3, 0.4) is 0 Å². The van der Waals surface area contributed by atoms with E-state index in [1.165, 1.54) is 49.3 Å². The molecule has 6 rings (SSSR count). The summed E-state index contributed by atoms with van der Waals surface area (Å²) in [4.78, 5) is 21.7. The van der Waals surface area contributed by atoms with Crippen molar-refractivity contribution in [3.05, 3.63) is 75.1 Å². The van der Waals surface area contributed by atoms with Gasteiger partial charge in [-0.1, -0.05) is 81.0 Å². The lowest BCUT2D eigenvalue weighted by atomic mass is 9.94. The number of carbonyl (C=O) groups excluding carboxylic acids is 1. The summed E-state index contributed by atoms with van der Waals surface area (Å²) >= 11 is 5.26. The summed E-state index contributed by atoms with van der Waals surface area (Å²) in [6.07, 6.45) is 13.7. The molecule has 1 amide bonds. The molecule has 1 heterocycles. The number of amidine groups is 1. The fourth-order valence-electron chi connectivity index (χ4n) is 6.29. The van der Waals surface area contributed by atoms with Crippen molar-refractivity contribution in [1.29, 1.82) is 0 Å². The highest BCUT2D eigenvalue weighted by Crippen LogP contribution is 2.41. The van der Waals surface area contributed by atoms with Crippen LogP contribution in [0.2, 0.25) is 0 Å². The van der Waals surface area contributed by atoms with E-state index in [9.17, 15) is 4.79 Å². The van der Waals surface area contributed by atoms with E-state index in [2.05, 4.69) is 46.3 Å². The number of amides is 1. The van der Waals surface area contributed by atoms with E-state index < -0.39 is 0 Å². The molecule has 0 atom stereocenters. The van der Waals surface area contributed by atoms with Crippen LogP contribution in [0.25, 0.3) is 16.8 Å². The molecule has 41 heavy (non-hydrogen) atoms. The number of halogens is 1. The molecule has 3 aromatic rings. The highest BCUT2D eigenvalue weighted by Gasteiger charge is 2.39. The predicted octanol–water partition coefficient (Wildman–Crippen LogP) is 9.13. The first-order valence-corrected chi connectivity index (χ1v) is 16.5. The first-order valence-electron chi connectivity index (χ1n) is 14.9. The molecule has 0 aromatic heterocycles. The summed E-state index contributed by atoms with van der Waals surface area (Å²) in [6.45, 7) is 0.419. The summed E-state index contributed by atoms with van der Waals surface area (Å²) in [7, 11) is 1.65. The zero-order valence-corrected chi connectivity index (χ0v) is 26.0. The largest absolute Gasteiger partial charge is 0.493 e. The number of aliphatic imine (C=N–C) groups is 1. The van der Waals surface area contributed by atoms with Crippen molar-refractivity contribution in [3.63, 3.8) is 0 Å². The summed E-state index contributed by atoms with van der Waals surface area (Å²) in [6, 6.07) is 19.1. The fourth-order valence-corrected chi connectivity index (χ4v) is 7.97. The Balaban J connectivity index is 1.26. The molecule has 2 aliphatic carbocycles. The van der Waals surface area contributed by atoms with Gasteiger partial charge in [-0.15, -0.1) is 0 Å². The maximum atomic E-state index is 13.8. The van der Waals surface area contributed by atoms with E-state index in [1.807, 2.05) is 35.2 Å². The lowest BCUT2D eigenvalue weighted by molar-refractivity contribution is -0.124. The molecule has 2 saturated carbocycles. The van der Waals surface area contributed by atoms with Gasteiger partial charge in [0.2, 0.25) is 0 Å². The lowest BCUT2D eigenvalue weighted by Crippen LogP contribution is -2.41. The average molecular weight is 634 g/mol. The molecule has 5 nitrogen and oxygen atoms in total. The smallest absolute Gasteiger partial charge is 0.266 e. The Labute approximate surface area is 255 Å². The molecule has 1 aliphatic heterocycles. The van der Waals surface area contributed by atoms with Crippen LogP contribution in [-0.2, 0) is 11.4 Å². The Morgan fingerprint density at radius 3 is 2.49 bits per heavy atom. The van der Waals surface area contributed by atoms with Gasteiger partial charge in [0, 0.05) is 6.04 Å². The monoisotopic (exact) mass is 632 g/mol. The van der Waals surface area contributed by atoms with E-state index in [0.717, 1.165) is 51.4 Å². The molecular formula is C34H37BrN2O3S. The van der Waals surface area contributed by atoms with Crippen LogP contribution in [0, 0.1) is 0 Å². The Hall–Kier alpha value is -2.77. The molecule has 0 spiro atoms. The minimum atomic E-state index is 0.0860. The number of benzene rings is 3. The van der Waals surface area contributed by atoms with Crippen molar-refractivity contribution < 1.29 is 14.3 Å². The Morgan fingerprint density at radius 1 is 0.976 bits per heavy atom. The van der Waals surface area contributed by atoms with Crippen LogP contribution in [0.5, 0.6) is 11.5 Å². The highest BCUT2D eigenvalue weighted by molar-refractivity contribution is 9.10. The van der Waals surface area contributed by atoms with Crippen LogP contribution in [0.1, 0.15) is 75.3 Å². The van der Waals surface area contributed by atoms with Crippen LogP contribution >= 0.6 is 27.7 Å². The molecule has 0 unspecified atom stereocenters. The molecule has 3 aromatic carbocycles. The van der Waals surface area contributed by atoms with Crippen molar-refractivity contribution in [2.75, 3.05) is 7.11 Å². The number of hydrogen-bond donors (Lipinski definition) is 0. The standard InChI is InChI=1S/C34H37BrN2O3S/c1-39-30-20-23(19-29(35)32(30)40-22-25-13-10-12-24-11-8-9-18-28(24)25)21-31-33(38)37(27-16-6-3-7-17-27)34(41-31)36-26-14-4-2-5-15-26/h8-13,18-21,26-27H,2-7,14-17,22H2,1H3. The fraction of sp³-hybridized carbons (Fsp3) is 0.412. The summed E-state index contributed by atoms with van der Waals surface area (Å²) < 4.78 is 12.9. The second-order valence-corrected chi connectivity index (χ2v) is 13.1. The number of carbonyl (C=O) groups is 1. The van der Waals surface area contributed by atoms with Crippen LogP contribution in [-0.4, -0.2) is 35.2 Å². The van der Waals surface area contributed by atoms with Gasteiger partial charge in [-0.3, -0.25) is 14.7 Å². The summed E-state index contributed by atoms with van der Waals surface area (Å²) in [5, 5.41) is 3.27. The van der Waals surface area contributed by atoms with Crippen LogP contribution < -0.4 is 9.47 Å². The molecule has 7 heteroatoms. The number of nitrogens with zero attached hydrogens (tertiary/aromatic N) is 2. The van der Waals surface area contributed by atoms with E-state index in [1.54, 1.807) is 18.9 Å². The number of hydrogen-bond acceptors (Lipinski definition) is 5. The second-order valence-electron chi connectivity index (χ2n) is 11.2. The van der Waals surface area contributed by atoms with Gasteiger partial charge >= 0.3 is 0 Å². The topological polar surface area (TPSA) is 51.1 Å². The first kappa shape index (κ1) is 28.4. The van der Waals surface area contributed by atoms with Gasteiger partial charge in [-0.2, -0.15) is 0 Å². The number of rotatable bonds is 7. The van der Waals surface area contributed by atoms with E-state index in [4.69, 9.17) is 14.5 Å². The SMILES string of the molecule is COc1cc(C=C2SC(=NC3CCCCC3)N(C3CCCCC3)C2=O)cc(Br)c1OCc1cccc2ccccc12. The second kappa shape index (κ2) is 13.0. The molecular weight excluding hydrogens is 596 g/mol. The Bertz CT molecular complexity index is 1470. The molecule has 0 radical (unpaired) electrons. The molecule has 214 valence electrons. The third kappa shape index (κ3) is 6.36. The van der Waals surface area contributed by atoms with Crippen LogP contribution in [0.15, 0.2) is 69.0 Å². The van der Waals surface area contributed by atoms with Gasteiger partial charge < -0.3 is 9.47 Å². The third-order valence-corrected chi connectivity index (χ3v) is 10.0. The molecule has 0 bridgehead atoms. The molecule has 0 N–H and O–H groups in total. The Morgan fingerprint density at radius 2 is 1.71 bits per heavy atom. The molecule has 3 fully saturated rings. The number of fused-ring (bicyclic) bond motifs is 1. The number of methoxy groups -OCH3 is 1. The zero-order chi connectivity index (χ0) is 28.2. The molecule has 1 saturated heterocycles. The first-order chi connectivity index (χ1) is 20.1. The van der Waals surface area contributed by atoms with Crippen molar-refractivity contribution in [2.24, 2.45) is 4.99 Å². The molecule has 3 aliphatic rings. The van der Waals surface area contributed by atoms with Gasteiger partial charge in [-0.25, -0.2) is 0 Å². The van der Waals surface area contributed by atoms with Crippen LogP contribution in [0.4, 0.5) is 0 Å². The normalized spacial score (nSPS) is 20.8.